The Hall–Kier alpha value is -2.47. The van der Waals surface area contributed by atoms with Crippen molar-refractivity contribution in [2.75, 3.05) is 18.0 Å². The number of carbonyl (C=O) groups excluding carboxylic acids is 1. The average molecular weight is 353 g/mol. The summed E-state index contributed by atoms with van der Waals surface area (Å²) in [5, 5.41) is 1.91. The number of hydrogen-bond acceptors (Lipinski definition) is 6. The van der Waals surface area contributed by atoms with Gasteiger partial charge in [0.1, 0.15) is 12.4 Å². The van der Waals surface area contributed by atoms with Crippen molar-refractivity contribution in [3.05, 3.63) is 53.3 Å². The van der Waals surface area contributed by atoms with Gasteiger partial charge in [-0.1, -0.05) is 12.1 Å². The molecule has 5 nitrogen and oxygen atoms in total. The van der Waals surface area contributed by atoms with Crippen molar-refractivity contribution in [1.29, 1.82) is 0 Å². The van der Waals surface area contributed by atoms with Crippen LogP contribution < -0.4 is 4.90 Å². The topological polar surface area (TPSA) is 55.3 Å². The van der Waals surface area contributed by atoms with E-state index in [1.165, 1.54) is 28.9 Å². The SMILES string of the molecule is Cc1cccc(N2CCC(OC(=O)c3ncnc4ccsc34)CC2)c1. The highest BCUT2D eigenvalue weighted by Crippen LogP contribution is 2.25. The Morgan fingerprint density at radius 3 is 2.88 bits per heavy atom. The fourth-order valence-electron chi connectivity index (χ4n) is 3.20. The third-order valence-electron chi connectivity index (χ3n) is 4.52. The summed E-state index contributed by atoms with van der Waals surface area (Å²) in [6.45, 7) is 3.88. The summed E-state index contributed by atoms with van der Waals surface area (Å²) in [6.07, 6.45) is 3.03. The Balaban J connectivity index is 1.40. The molecular weight excluding hydrogens is 334 g/mol. The molecule has 3 aromatic rings. The average Bonchev–Trinajstić information content (AvgIpc) is 3.11. The van der Waals surface area contributed by atoms with Crippen molar-refractivity contribution in [2.24, 2.45) is 0 Å². The molecule has 3 heterocycles. The van der Waals surface area contributed by atoms with Gasteiger partial charge >= 0.3 is 5.97 Å². The first-order chi connectivity index (χ1) is 12.2. The van der Waals surface area contributed by atoms with Gasteiger partial charge in [-0.15, -0.1) is 11.3 Å². The number of fused-ring (bicyclic) bond motifs is 1. The molecule has 0 N–H and O–H groups in total. The van der Waals surface area contributed by atoms with E-state index >= 15 is 0 Å². The molecule has 0 radical (unpaired) electrons. The molecule has 1 fully saturated rings. The maximum atomic E-state index is 12.5. The van der Waals surface area contributed by atoms with Gasteiger partial charge in [0, 0.05) is 31.6 Å². The number of aryl methyl sites for hydroxylation is 1. The molecule has 6 heteroatoms. The standard InChI is InChI=1S/C19H19N3O2S/c1-13-3-2-4-14(11-13)22-8-5-15(6-9-22)24-19(23)17-18-16(7-10-25-18)20-12-21-17/h2-4,7,10-12,15H,5-6,8-9H2,1H3. The summed E-state index contributed by atoms with van der Waals surface area (Å²) < 4.78 is 6.51. The van der Waals surface area contributed by atoms with Crippen LogP contribution in [0.2, 0.25) is 0 Å². The fraction of sp³-hybridized carbons (Fsp3) is 0.316. The van der Waals surface area contributed by atoms with Crippen LogP contribution in [-0.2, 0) is 4.74 Å². The third kappa shape index (κ3) is 3.35. The number of carbonyl (C=O) groups is 1. The first-order valence-electron chi connectivity index (χ1n) is 8.41. The summed E-state index contributed by atoms with van der Waals surface area (Å²) in [7, 11) is 0. The van der Waals surface area contributed by atoms with Crippen LogP contribution in [0.25, 0.3) is 10.2 Å². The number of thiophene rings is 1. The van der Waals surface area contributed by atoms with Crippen molar-refractivity contribution in [2.45, 2.75) is 25.9 Å². The number of ether oxygens (including phenoxy) is 1. The molecule has 0 saturated carbocycles. The van der Waals surface area contributed by atoms with Crippen LogP contribution in [0.1, 0.15) is 28.9 Å². The lowest BCUT2D eigenvalue weighted by atomic mass is 10.1. The summed E-state index contributed by atoms with van der Waals surface area (Å²) in [4.78, 5) is 23.1. The van der Waals surface area contributed by atoms with Gasteiger partial charge in [0.25, 0.3) is 0 Å². The number of aromatic nitrogens is 2. The number of esters is 1. The van der Waals surface area contributed by atoms with Crippen LogP contribution >= 0.6 is 11.3 Å². The second-order valence-electron chi connectivity index (χ2n) is 6.29. The second kappa shape index (κ2) is 6.80. The summed E-state index contributed by atoms with van der Waals surface area (Å²) in [6, 6.07) is 10.4. The predicted octanol–water partition coefficient (Wildman–Crippen LogP) is 3.83. The molecule has 0 aliphatic carbocycles. The van der Waals surface area contributed by atoms with Crippen LogP contribution in [0.5, 0.6) is 0 Å². The van der Waals surface area contributed by atoms with Crippen molar-refractivity contribution < 1.29 is 9.53 Å². The smallest absolute Gasteiger partial charge is 0.358 e. The highest BCUT2D eigenvalue weighted by atomic mass is 32.1. The predicted molar refractivity (Wildman–Crippen MR) is 99.2 cm³/mol. The van der Waals surface area contributed by atoms with Crippen molar-refractivity contribution in [3.63, 3.8) is 0 Å². The number of piperidine rings is 1. The normalized spacial score (nSPS) is 15.5. The molecular formula is C19H19N3O2S. The highest BCUT2D eigenvalue weighted by Gasteiger charge is 2.25. The van der Waals surface area contributed by atoms with Gasteiger partial charge in [0.05, 0.1) is 10.2 Å². The monoisotopic (exact) mass is 353 g/mol. The first kappa shape index (κ1) is 16.0. The summed E-state index contributed by atoms with van der Waals surface area (Å²) in [5.74, 6) is -0.344. The van der Waals surface area contributed by atoms with Crippen molar-refractivity contribution >= 4 is 33.2 Å². The van der Waals surface area contributed by atoms with Crippen molar-refractivity contribution in [3.8, 4) is 0 Å². The summed E-state index contributed by atoms with van der Waals surface area (Å²) >= 11 is 1.47. The zero-order valence-electron chi connectivity index (χ0n) is 14.0. The van der Waals surface area contributed by atoms with Gasteiger partial charge in [-0.05, 0) is 36.1 Å². The maximum absolute atomic E-state index is 12.5. The molecule has 0 bridgehead atoms. The lowest BCUT2D eigenvalue weighted by Gasteiger charge is -2.33. The minimum atomic E-state index is -0.344. The second-order valence-corrected chi connectivity index (χ2v) is 7.20. The van der Waals surface area contributed by atoms with Gasteiger partial charge < -0.3 is 9.64 Å². The number of anilines is 1. The Morgan fingerprint density at radius 1 is 1.24 bits per heavy atom. The first-order valence-corrected chi connectivity index (χ1v) is 9.29. The molecule has 128 valence electrons. The molecule has 0 unspecified atom stereocenters. The van der Waals surface area contributed by atoms with E-state index in [9.17, 15) is 4.79 Å². The molecule has 4 rings (SSSR count). The van der Waals surface area contributed by atoms with E-state index < -0.39 is 0 Å². The minimum absolute atomic E-state index is 0.0569. The largest absolute Gasteiger partial charge is 0.457 e. The molecule has 0 spiro atoms. The van der Waals surface area contributed by atoms with E-state index in [2.05, 4.69) is 46.1 Å². The van der Waals surface area contributed by atoms with E-state index in [4.69, 9.17) is 4.74 Å². The Bertz CT molecular complexity index is 900. The molecule has 1 aliphatic heterocycles. The van der Waals surface area contributed by atoms with Crippen LogP contribution in [0, 0.1) is 6.92 Å². The minimum Gasteiger partial charge on any atom is -0.457 e. The zero-order valence-corrected chi connectivity index (χ0v) is 14.8. The van der Waals surface area contributed by atoms with E-state index in [1.807, 2.05) is 11.4 Å². The van der Waals surface area contributed by atoms with E-state index in [1.54, 1.807) is 0 Å². The third-order valence-corrected chi connectivity index (χ3v) is 5.43. The zero-order chi connectivity index (χ0) is 17.2. The lowest BCUT2D eigenvalue weighted by Crippen LogP contribution is -2.38. The highest BCUT2D eigenvalue weighted by molar-refractivity contribution is 7.17. The Labute approximate surface area is 150 Å². The number of hydrogen-bond donors (Lipinski definition) is 0. The molecule has 25 heavy (non-hydrogen) atoms. The Morgan fingerprint density at radius 2 is 2.08 bits per heavy atom. The summed E-state index contributed by atoms with van der Waals surface area (Å²) in [5.41, 5.74) is 3.66. The van der Waals surface area contributed by atoms with Gasteiger partial charge in [-0.3, -0.25) is 0 Å². The molecule has 0 amide bonds. The lowest BCUT2D eigenvalue weighted by molar-refractivity contribution is 0.0241. The van der Waals surface area contributed by atoms with Gasteiger partial charge in [-0.25, -0.2) is 14.8 Å². The number of nitrogens with zero attached hydrogens (tertiary/aromatic N) is 3. The number of rotatable bonds is 3. The molecule has 1 aliphatic rings. The fourth-order valence-corrected chi connectivity index (χ4v) is 4.02. The number of benzene rings is 1. The molecule has 2 aromatic heterocycles. The van der Waals surface area contributed by atoms with E-state index in [0.717, 1.165) is 36.1 Å². The quantitative estimate of drug-likeness (QED) is 0.670. The van der Waals surface area contributed by atoms with Crippen LogP contribution in [0.4, 0.5) is 5.69 Å². The molecule has 0 atom stereocenters. The van der Waals surface area contributed by atoms with Crippen LogP contribution in [0.15, 0.2) is 42.0 Å². The van der Waals surface area contributed by atoms with Gasteiger partial charge in [-0.2, -0.15) is 0 Å². The van der Waals surface area contributed by atoms with Crippen LogP contribution in [0.3, 0.4) is 0 Å². The van der Waals surface area contributed by atoms with E-state index in [0.29, 0.717) is 5.69 Å². The van der Waals surface area contributed by atoms with E-state index in [-0.39, 0.29) is 12.1 Å². The van der Waals surface area contributed by atoms with Gasteiger partial charge in [0.2, 0.25) is 0 Å². The molecule has 1 aromatic carbocycles. The molecule has 1 saturated heterocycles. The van der Waals surface area contributed by atoms with Gasteiger partial charge in [0.15, 0.2) is 5.69 Å². The Kier molecular flexibility index (Phi) is 4.36. The van der Waals surface area contributed by atoms with Crippen LogP contribution in [-0.4, -0.2) is 35.1 Å². The van der Waals surface area contributed by atoms with Crippen molar-refractivity contribution in [1.82, 2.24) is 9.97 Å². The maximum Gasteiger partial charge on any atom is 0.358 e.